The molecule has 0 unspecified atom stereocenters. The summed E-state index contributed by atoms with van der Waals surface area (Å²) in [6, 6.07) is 8.32. The van der Waals surface area contributed by atoms with E-state index in [1.165, 1.54) is 12.1 Å². The van der Waals surface area contributed by atoms with Crippen LogP contribution in [0.25, 0.3) is 11.3 Å². The minimum atomic E-state index is -0.453. The first-order valence-corrected chi connectivity index (χ1v) is 7.00. The molecule has 1 aromatic carbocycles. The van der Waals surface area contributed by atoms with E-state index in [-0.39, 0.29) is 5.02 Å². The number of hydrogen-bond donors (Lipinski definition) is 1. The van der Waals surface area contributed by atoms with E-state index in [1.54, 1.807) is 30.9 Å². The Labute approximate surface area is 132 Å². The van der Waals surface area contributed by atoms with Crippen LogP contribution < -0.4 is 5.32 Å². The van der Waals surface area contributed by atoms with Crippen molar-refractivity contribution in [1.29, 1.82) is 0 Å². The molecule has 3 rings (SSSR count). The van der Waals surface area contributed by atoms with Crippen molar-refractivity contribution in [3.8, 4) is 11.3 Å². The van der Waals surface area contributed by atoms with Crippen molar-refractivity contribution < 1.29 is 4.39 Å². The van der Waals surface area contributed by atoms with E-state index in [0.29, 0.717) is 23.6 Å². The molecule has 22 heavy (non-hydrogen) atoms. The average molecular weight is 315 g/mol. The zero-order valence-corrected chi connectivity index (χ0v) is 12.3. The highest BCUT2D eigenvalue weighted by Crippen LogP contribution is 2.23. The third kappa shape index (κ3) is 3.38. The van der Waals surface area contributed by atoms with E-state index >= 15 is 0 Å². The fourth-order valence-electron chi connectivity index (χ4n) is 1.94. The number of hydrogen-bond acceptors (Lipinski definition) is 4. The quantitative estimate of drug-likeness (QED) is 0.792. The molecule has 4 nitrogen and oxygen atoms in total. The highest BCUT2D eigenvalue weighted by Gasteiger charge is 2.06. The van der Waals surface area contributed by atoms with Gasteiger partial charge in [-0.1, -0.05) is 11.6 Å². The number of aromatic nitrogens is 3. The van der Waals surface area contributed by atoms with Gasteiger partial charge in [0.2, 0.25) is 0 Å². The first kappa shape index (κ1) is 14.4. The summed E-state index contributed by atoms with van der Waals surface area (Å²) in [7, 11) is 0. The molecule has 0 aliphatic carbocycles. The largest absolute Gasteiger partial charge is 0.365 e. The molecule has 2 heterocycles. The van der Waals surface area contributed by atoms with E-state index in [2.05, 4.69) is 20.3 Å². The lowest BCUT2D eigenvalue weighted by atomic mass is 10.1. The van der Waals surface area contributed by atoms with Crippen LogP contribution in [0.3, 0.4) is 0 Å². The standard InChI is InChI=1S/C16H12ClFN4/c17-13-7-12(1-2-14(13)18)15-9-20-10-16(22-15)21-8-11-3-5-19-6-4-11/h1-7,9-10H,8H2,(H,21,22). The fourth-order valence-corrected chi connectivity index (χ4v) is 2.12. The first-order valence-electron chi connectivity index (χ1n) is 6.62. The topological polar surface area (TPSA) is 50.7 Å². The lowest BCUT2D eigenvalue weighted by molar-refractivity contribution is 0.628. The van der Waals surface area contributed by atoms with Gasteiger partial charge in [-0.25, -0.2) is 9.37 Å². The molecule has 0 aliphatic heterocycles. The van der Waals surface area contributed by atoms with Crippen LogP contribution in [0, 0.1) is 5.82 Å². The Balaban J connectivity index is 1.79. The minimum Gasteiger partial charge on any atom is -0.365 e. The normalized spacial score (nSPS) is 10.5. The Morgan fingerprint density at radius 3 is 2.64 bits per heavy atom. The summed E-state index contributed by atoms with van der Waals surface area (Å²) in [6.07, 6.45) is 6.72. The lowest BCUT2D eigenvalue weighted by Crippen LogP contribution is -2.02. The average Bonchev–Trinajstić information content (AvgIpc) is 2.57. The van der Waals surface area contributed by atoms with Crippen molar-refractivity contribution in [3.05, 3.63) is 71.5 Å². The van der Waals surface area contributed by atoms with Gasteiger partial charge in [-0.2, -0.15) is 0 Å². The maximum Gasteiger partial charge on any atom is 0.145 e. The van der Waals surface area contributed by atoms with Crippen molar-refractivity contribution in [2.24, 2.45) is 0 Å². The molecule has 0 radical (unpaired) electrons. The van der Waals surface area contributed by atoms with E-state index < -0.39 is 5.82 Å². The number of nitrogens with one attached hydrogen (secondary N) is 1. The number of pyridine rings is 1. The fraction of sp³-hybridized carbons (Fsp3) is 0.0625. The summed E-state index contributed by atoms with van der Waals surface area (Å²) in [6.45, 7) is 0.616. The summed E-state index contributed by atoms with van der Waals surface area (Å²) in [4.78, 5) is 12.6. The second-order valence-electron chi connectivity index (χ2n) is 4.63. The van der Waals surface area contributed by atoms with Crippen LogP contribution in [-0.2, 0) is 6.54 Å². The Hall–Kier alpha value is -2.53. The molecule has 0 atom stereocenters. The molecule has 2 aromatic heterocycles. The van der Waals surface area contributed by atoms with Gasteiger partial charge in [0.1, 0.15) is 11.6 Å². The number of anilines is 1. The predicted octanol–water partition coefficient (Wildman–Crippen LogP) is 3.94. The van der Waals surface area contributed by atoms with Gasteiger partial charge in [-0.15, -0.1) is 0 Å². The monoisotopic (exact) mass is 314 g/mol. The number of rotatable bonds is 4. The van der Waals surface area contributed by atoms with Crippen LogP contribution in [0.1, 0.15) is 5.56 Å². The molecule has 110 valence electrons. The second kappa shape index (κ2) is 6.49. The molecule has 0 spiro atoms. The first-order chi connectivity index (χ1) is 10.7. The van der Waals surface area contributed by atoms with Crippen molar-refractivity contribution >= 4 is 17.4 Å². The van der Waals surface area contributed by atoms with Crippen molar-refractivity contribution in [2.75, 3.05) is 5.32 Å². The van der Waals surface area contributed by atoms with E-state index in [4.69, 9.17) is 11.6 Å². The van der Waals surface area contributed by atoms with Gasteiger partial charge in [0.25, 0.3) is 0 Å². The zero-order chi connectivity index (χ0) is 15.4. The van der Waals surface area contributed by atoms with Gasteiger partial charge in [-0.3, -0.25) is 9.97 Å². The van der Waals surface area contributed by atoms with Crippen LogP contribution in [0.2, 0.25) is 5.02 Å². The lowest BCUT2D eigenvalue weighted by Gasteiger charge is -2.07. The van der Waals surface area contributed by atoms with E-state index in [0.717, 1.165) is 5.56 Å². The van der Waals surface area contributed by atoms with Gasteiger partial charge >= 0.3 is 0 Å². The molecule has 6 heteroatoms. The van der Waals surface area contributed by atoms with E-state index in [9.17, 15) is 4.39 Å². The number of benzene rings is 1. The van der Waals surface area contributed by atoms with Gasteiger partial charge in [0.05, 0.1) is 23.1 Å². The van der Waals surface area contributed by atoms with E-state index in [1.807, 2.05) is 12.1 Å². The molecule has 1 N–H and O–H groups in total. The van der Waals surface area contributed by atoms with Gasteiger partial charge in [-0.05, 0) is 35.9 Å². The number of halogens is 2. The SMILES string of the molecule is Fc1ccc(-c2cncc(NCc3ccncc3)n2)cc1Cl. The molecule has 0 bridgehead atoms. The maximum atomic E-state index is 13.2. The summed E-state index contributed by atoms with van der Waals surface area (Å²) >= 11 is 5.80. The highest BCUT2D eigenvalue weighted by atomic mass is 35.5. The minimum absolute atomic E-state index is 0.0643. The molecule has 3 aromatic rings. The Morgan fingerprint density at radius 2 is 1.86 bits per heavy atom. The van der Waals surface area contributed by atoms with Crippen LogP contribution in [0.5, 0.6) is 0 Å². The zero-order valence-electron chi connectivity index (χ0n) is 11.5. The Kier molecular flexibility index (Phi) is 4.25. The summed E-state index contributed by atoms with van der Waals surface area (Å²) in [5.74, 6) is 0.181. The van der Waals surface area contributed by atoms with Crippen molar-refractivity contribution in [2.45, 2.75) is 6.54 Å². The molecule has 0 saturated heterocycles. The molecule has 0 saturated carbocycles. The molecular formula is C16H12ClFN4. The van der Waals surface area contributed by atoms with Crippen molar-refractivity contribution in [3.63, 3.8) is 0 Å². The van der Waals surface area contributed by atoms with Crippen molar-refractivity contribution in [1.82, 2.24) is 15.0 Å². The van der Waals surface area contributed by atoms with Crippen LogP contribution in [-0.4, -0.2) is 15.0 Å². The van der Waals surface area contributed by atoms with Crippen LogP contribution in [0.4, 0.5) is 10.2 Å². The maximum absolute atomic E-state index is 13.2. The molecular weight excluding hydrogens is 303 g/mol. The van der Waals surface area contributed by atoms with Crippen LogP contribution in [0.15, 0.2) is 55.1 Å². The molecule has 0 amide bonds. The summed E-state index contributed by atoms with van der Waals surface area (Å²) < 4.78 is 13.2. The molecule has 0 aliphatic rings. The van der Waals surface area contributed by atoms with Gasteiger partial charge in [0, 0.05) is 24.5 Å². The van der Waals surface area contributed by atoms with Crippen LogP contribution >= 0.6 is 11.6 Å². The third-order valence-corrected chi connectivity index (χ3v) is 3.36. The number of nitrogens with zero attached hydrogens (tertiary/aromatic N) is 3. The highest BCUT2D eigenvalue weighted by molar-refractivity contribution is 6.31. The Morgan fingerprint density at radius 1 is 1.05 bits per heavy atom. The smallest absolute Gasteiger partial charge is 0.145 e. The third-order valence-electron chi connectivity index (χ3n) is 3.07. The predicted molar refractivity (Wildman–Crippen MR) is 84.0 cm³/mol. The van der Waals surface area contributed by atoms with Gasteiger partial charge in [0.15, 0.2) is 0 Å². The summed E-state index contributed by atoms with van der Waals surface area (Å²) in [5, 5.41) is 3.25. The molecule has 0 fully saturated rings. The summed E-state index contributed by atoms with van der Waals surface area (Å²) in [5.41, 5.74) is 2.43. The Bertz CT molecular complexity index is 780. The van der Waals surface area contributed by atoms with Gasteiger partial charge < -0.3 is 5.32 Å². The second-order valence-corrected chi connectivity index (χ2v) is 5.03.